The first-order chi connectivity index (χ1) is 18.7. The van der Waals surface area contributed by atoms with Crippen molar-refractivity contribution in [2.45, 2.75) is 47.8 Å². The molecule has 2 aromatic rings. The molecule has 1 aromatic carbocycles. The number of rotatable bonds is 8. The predicted molar refractivity (Wildman–Crippen MR) is 151 cm³/mol. The minimum atomic E-state index is -1.85. The van der Waals surface area contributed by atoms with Crippen molar-refractivity contribution >= 4 is 61.8 Å². The van der Waals surface area contributed by atoms with Gasteiger partial charge in [-0.2, -0.15) is 0 Å². The Morgan fingerprint density at radius 2 is 2.18 bits per heavy atom. The van der Waals surface area contributed by atoms with Gasteiger partial charge in [0.15, 0.2) is 0 Å². The van der Waals surface area contributed by atoms with Crippen LogP contribution in [-0.4, -0.2) is 68.5 Å². The number of allylic oxidation sites excluding steroid dienone is 3. The first-order valence-electron chi connectivity index (χ1n) is 12.7. The van der Waals surface area contributed by atoms with E-state index in [4.69, 9.17) is 21.1 Å². The van der Waals surface area contributed by atoms with E-state index >= 15 is 0 Å². The van der Waals surface area contributed by atoms with Crippen LogP contribution >= 0.6 is 27.5 Å². The number of carbonyl (C=O) groups excluding carboxylic acids is 2. The van der Waals surface area contributed by atoms with Crippen molar-refractivity contribution in [3.05, 3.63) is 55.0 Å². The van der Waals surface area contributed by atoms with Crippen LogP contribution in [0.1, 0.15) is 25.7 Å². The van der Waals surface area contributed by atoms with Crippen LogP contribution in [0, 0.1) is 0 Å². The Morgan fingerprint density at radius 1 is 1.33 bits per heavy atom. The van der Waals surface area contributed by atoms with Crippen molar-refractivity contribution in [2.75, 3.05) is 30.4 Å². The predicted octanol–water partition coefficient (Wildman–Crippen LogP) is 4.84. The summed E-state index contributed by atoms with van der Waals surface area (Å²) in [7, 11) is 0. The zero-order valence-electron chi connectivity index (χ0n) is 21.0. The summed E-state index contributed by atoms with van der Waals surface area (Å²) in [6.45, 7) is 5.05. The van der Waals surface area contributed by atoms with Gasteiger partial charge in [-0.05, 0) is 72.0 Å². The van der Waals surface area contributed by atoms with Crippen molar-refractivity contribution < 1.29 is 23.5 Å². The Morgan fingerprint density at radius 3 is 2.92 bits per heavy atom. The molecule has 2 aliphatic heterocycles. The number of nitrogens with zero attached hydrogens (tertiary/aromatic N) is 3. The summed E-state index contributed by atoms with van der Waals surface area (Å²) in [5.74, 6) is 0.254. The highest BCUT2D eigenvalue weighted by atomic mass is 79.9. The number of aromatic nitrogens is 2. The van der Waals surface area contributed by atoms with Gasteiger partial charge in [0.2, 0.25) is 16.4 Å². The van der Waals surface area contributed by atoms with Gasteiger partial charge in [-0.15, -0.1) is 11.6 Å². The number of amides is 2. The van der Waals surface area contributed by atoms with Gasteiger partial charge in [-0.25, -0.2) is 14.4 Å². The highest BCUT2D eigenvalue weighted by Crippen LogP contribution is 2.37. The Hall–Kier alpha value is -3.02. The van der Waals surface area contributed by atoms with Crippen LogP contribution in [-0.2, 0) is 14.3 Å². The molecule has 206 valence electrons. The molecule has 4 atom stereocenters. The van der Waals surface area contributed by atoms with E-state index in [1.807, 2.05) is 0 Å². The lowest BCUT2D eigenvalue weighted by Gasteiger charge is -2.24. The summed E-state index contributed by atoms with van der Waals surface area (Å²) in [5, 5.41) is 5.79. The van der Waals surface area contributed by atoms with E-state index in [9.17, 15) is 14.0 Å². The van der Waals surface area contributed by atoms with Gasteiger partial charge in [-0.3, -0.25) is 9.59 Å². The van der Waals surface area contributed by atoms with Gasteiger partial charge >= 0.3 is 0 Å². The third-order valence-corrected chi connectivity index (χ3v) is 8.36. The van der Waals surface area contributed by atoms with Crippen molar-refractivity contribution in [1.82, 2.24) is 14.9 Å². The zero-order chi connectivity index (χ0) is 27.6. The minimum Gasteiger partial charge on any atom is -0.489 e. The van der Waals surface area contributed by atoms with E-state index in [0.29, 0.717) is 60.0 Å². The smallest absolute Gasteiger partial charge is 0.247 e. The first kappa shape index (κ1) is 27.5. The molecule has 5 rings (SSSR count). The Labute approximate surface area is 238 Å². The molecule has 2 N–H and O–H groups in total. The maximum atomic E-state index is 14.4. The minimum absolute atomic E-state index is 0.0343. The van der Waals surface area contributed by atoms with E-state index in [2.05, 4.69) is 43.1 Å². The number of hydrogen-bond donors (Lipinski definition) is 2. The maximum absolute atomic E-state index is 14.4. The molecule has 1 aliphatic carbocycles. The summed E-state index contributed by atoms with van der Waals surface area (Å²) in [4.78, 5) is 35.9. The van der Waals surface area contributed by atoms with Gasteiger partial charge in [0.25, 0.3) is 0 Å². The van der Waals surface area contributed by atoms with Crippen LogP contribution < -0.4 is 15.4 Å². The first-order valence-corrected chi connectivity index (χ1v) is 13.9. The molecule has 1 aromatic heterocycles. The van der Waals surface area contributed by atoms with Gasteiger partial charge in [-0.1, -0.05) is 6.58 Å². The van der Waals surface area contributed by atoms with Crippen LogP contribution in [0.15, 0.2) is 55.0 Å². The van der Waals surface area contributed by atoms with Crippen LogP contribution in [0.4, 0.5) is 15.9 Å². The van der Waals surface area contributed by atoms with Gasteiger partial charge < -0.3 is 25.0 Å². The molecule has 4 unspecified atom stereocenters. The molecule has 0 radical (unpaired) electrons. The molecule has 0 spiro atoms. The number of likely N-dealkylation sites (tertiary alicyclic amines) is 1. The number of ether oxygens (including phenoxy) is 2. The number of hydrogen-bond acceptors (Lipinski definition) is 7. The second-order valence-electron chi connectivity index (χ2n) is 9.57. The fourth-order valence-electron chi connectivity index (χ4n) is 4.83. The average Bonchev–Trinajstić information content (AvgIpc) is 3.62. The van der Waals surface area contributed by atoms with Gasteiger partial charge in [0.05, 0.1) is 17.3 Å². The van der Waals surface area contributed by atoms with Crippen LogP contribution in [0.3, 0.4) is 0 Å². The van der Waals surface area contributed by atoms with E-state index in [1.165, 1.54) is 29.5 Å². The standard InChI is InChI=1S/C27H28BrClFN5O4/c1-2-24(36)35-9-3-6-21(35)26(37)34-20-12-18-19(13-22(20)39-14-17-5-4-10-38-17)31-15-32-25(18)33-16-7-8-27(28,30)23(29)11-16/h2,7-8,11-13,15,17,21,23H,1,3-6,9-10,14H2,(H,34,37)(H,31,32,33). The molecule has 2 amide bonds. The van der Waals surface area contributed by atoms with E-state index < -0.39 is 16.0 Å². The van der Waals surface area contributed by atoms with E-state index in [-0.39, 0.29) is 17.9 Å². The molecule has 3 aliphatic rings. The fourth-order valence-corrected chi connectivity index (χ4v) is 5.31. The lowest BCUT2D eigenvalue weighted by Crippen LogP contribution is -2.42. The van der Waals surface area contributed by atoms with Crippen molar-refractivity contribution in [3.8, 4) is 5.75 Å². The monoisotopic (exact) mass is 619 g/mol. The SMILES string of the molecule is C=CC(=O)N1CCCC1C(=O)Nc1cc2c(NC3=CC(Cl)C(F)(Br)C=C3)ncnc2cc1OCC1CCCO1. The number of halogens is 3. The largest absolute Gasteiger partial charge is 0.489 e. The second kappa shape index (κ2) is 11.6. The molecule has 3 heterocycles. The quantitative estimate of drug-likeness (QED) is 0.322. The molecule has 9 nitrogen and oxygen atoms in total. The number of carbonyl (C=O) groups is 2. The van der Waals surface area contributed by atoms with Gasteiger partial charge in [0.1, 0.15) is 35.9 Å². The summed E-state index contributed by atoms with van der Waals surface area (Å²) < 4.78 is 24.3. The highest BCUT2D eigenvalue weighted by Gasteiger charge is 2.35. The number of anilines is 2. The van der Waals surface area contributed by atoms with Crippen molar-refractivity contribution in [3.63, 3.8) is 0 Å². The molecule has 2 saturated heterocycles. The highest BCUT2D eigenvalue weighted by molar-refractivity contribution is 9.10. The topological polar surface area (TPSA) is 106 Å². The Bertz CT molecular complexity index is 1350. The summed E-state index contributed by atoms with van der Waals surface area (Å²) >= 11 is 9.11. The summed E-state index contributed by atoms with van der Waals surface area (Å²) in [6.07, 6.45) is 10.1. The second-order valence-corrected chi connectivity index (χ2v) is 11.3. The summed E-state index contributed by atoms with van der Waals surface area (Å²) in [5.41, 5.74) is 1.53. The lowest BCUT2D eigenvalue weighted by atomic mass is 10.1. The van der Waals surface area contributed by atoms with Crippen molar-refractivity contribution in [1.29, 1.82) is 0 Å². The fraction of sp³-hybridized carbons (Fsp3) is 0.407. The number of fused-ring (bicyclic) bond motifs is 1. The molecule has 2 fully saturated rings. The van der Waals surface area contributed by atoms with Crippen LogP contribution in [0.2, 0.25) is 0 Å². The molecule has 39 heavy (non-hydrogen) atoms. The Kier molecular flexibility index (Phi) is 8.20. The third kappa shape index (κ3) is 6.10. The molecule has 12 heteroatoms. The molecular formula is C27H28BrClFN5O4. The summed E-state index contributed by atoms with van der Waals surface area (Å²) in [6, 6.07) is 2.84. The van der Waals surface area contributed by atoms with E-state index in [0.717, 1.165) is 19.3 Å². The zero-order valence-corrected chi connectivity index (χ0v) is 23.4. The number of benzene rings is 1. The molecular weight excluding hydrogens is 593 g/mol. The van der Waals surface area contributed by atoms with Crippen LogP contribution in [0.25, 0.3) is 10.9 Å². The normalized spacial score (nSPS) is 26.4. The Balaban J connectivity index is 1.46. The maximum Gasteiger partial charge on any atom is 0.247 e. The molecule has 0 saturated carbocycles. The van der Waals surface area contributed by atoms with Crippen molar-refractivity contribution in [2.24, 2.45) is 0 Å². The molecule has 0 bridgehead atoms. The van der Waals surface area contributed by atoms with Gasteiger partial charge in [0, 0.05) is 30.3 Å². The van der Waals surface area contributed by atoms with Crippen LogP contribution in [0.5, 0.6) is 5.75 Å². The average molecular weight is 621 g/mol. The lowest BCUT2D eigenvalue weighted by molar-refractivity contribution is -0.132. The van der Waals surface area contributed by atoms with E-state index in [1.54, 1.807) is 18.2 Å². The number of alkyl halides is 3. The number of nitrogens with one attached hydrogen (secondary N) is 2. The third-order valence-electron chi connectivity index (χ3n) is 6.90.